The molecule has 162 valence electrons. The normalized spacial score (nSPS) is 17.0. The zero-order chi connectivity index (χ0) is 22.2. The Labute approximate surface area is 183 Å². The first-order valence-corrected chi connectivity index (χ1v) is 11.8. The number of benzene rings is 2. The van der Waals surface area contributed by atoms with Gasteiger partial charge in [-0.1, -0.05) is 12.1 Å². The van der Waals surface area contributed by atoms with Crippen molar-refractivity contribution in [3.63, 3.8) is 0 Å². The van der Waals surface area contributed by atoms with E-state index in [1.807, 2.05) is 24.3 Å². The number of sulfonamides is 1. The Kier molecular flexibility index (Phi) is 5.78. The van der Waals surface area contributed by atoms with Crippen molar-refractivity contribution in [2.75, 3.05) is 20.8 Å². The van der Waals surface area contributed by atoms with Gasteiger partial charge >= 0.3 is 11.9 Å². The summed E-state index contributed by atoms with van der Waals surface area (Å²) in [6.07, 6.45) is 1.32. The summed E-state index contributed by atoms with van der Waals surface area (Å²) in [7, 11) is -1.65. The van der Waals surface area contributed by atoms with Gasteiger partial charge in [0.1, 0.15) is 5.01 Å². The van der Waals surface area contributed by atoms with Gasteiger partial charge in [-0.3, -0.25) is 0 Å². The number of carbonyl (C=O) groups excluding carboxylic acids is 2. The van der Waals surface area contributed by atoms with Crippen LogP contribution < -0.4 is 0 Å². The molecule has 0 amide bonds. The molecule has 0 radical (unpaired) electrons. The van der Waals surface area contributed by atoms with Gasteiger partial charge in [-0.25, -0.2) is 23.0 Å². The first-order valence-electron chi connectivity index (χ1n) is 9.54. The molecule has 1 atom stereocenters. The minimum Gasteiger partial charge on any atom is -0.465 e. The van der Waals surface area contributed by atoms with Crippen LogP contribution in [-0.4, -0.2) is 50.4 Å². The van der Waals surface area contributed by atoms with Crippen molar-refractivity contribution in [3.8, 4) is 0 Å². The van der Waals surface area contributed by atoms with E-state index in [4.69, 9.17) is 9.47 Å². The van der Waals surface area contributed by atoms with Crippen LogP contribution in [0.3, 0.4) is 0 Å². The Hall–Kier alpha value is -2.82. The number of aromatic nitrogens is 1. The van der Waals surface area contributed by atoms with Crippen molar-refractivity contribution in [3.05, 3.63) is 58.6 Å². The number of rotatable bonds is 5. The van der Waals surface area contributed by atoms with E-state index in [1.54, 1.807) is 0 Å². The van der Waals surface area contributed by atoms with Crippen LogP contribution in [0.25, 0.3) is 10.2 Å². The number of para-hydroxylation sites is 1. The average Bonchev–Trinajstić information content (AvgIpc) is 3.44. The summed E-state index contributed by atoms with van der Waals surface area (Å²) < 4.78 is 38.9. The van der Waals surface area contributed by atoms with Gasteiger partial charge in [0, 0.05) is 6.54 Å². The number of nitrogens with zero attached hydrogens (tertiary/aromatic N) is 2. The summed E-state index contributed by atoms with van der Waals surface area (Å²) >= 11 is 1.47. The SMILES string of the molecule is COC(=O)c1cc(C(=O)OC)cc(S(=O)(=O)N2CCCC2c2nc3ccccc3s2)c1. The number of thiazole rings is 1. The Morgan fingerprint density at radius 2 is 1.71 bits per heavy atom. The minimum atomic E-state index is -4.02. The van der Waals surface area contributed by atoms with Gasteiger partial charge in [-0.2, -0.15) is 4.31 Å². The second kappa shape index (κ2) is 8.37. The zero-order valence-corrected chi connectivity index (χ0v) is 18.5. The van der Waals surface area contributed by atoms with Crippen LogP contribution in [0.4, 0.5) is 0 Å². The van der Waals surface area contributed by atoms with Gasteiger partial charge in [0.05, 0.1) is 46.5 Å². The number of carbonyl (C=O) groups is 2. The molecule has 1 aliphatic rings. The van der Waals surface area contributed by atoms with E-state index in [2.05, 4.69) is 4.98 Å². The van der Waals surface area contributed by atoms with Crippen molar-refractivity contribution in [2.45, 2.75) is 23.8 Å². The molecule has 1 saturated heterocycles. The number of fused-ring (bicyclic) bond motifs is 1. The number of ether oxygens (including phenoxy) is 2. The summed E-state index contributed by atoms with van der Waals surface area (Å²) in [5, 5.41) is 0.722. The Morgan fingerprint density at radius 3 is 2.32 bits per heavy atom. The van der Waals surface area contributed by atoms with Gasteiger partial charge in [0.15, 0.2) is 0 Å². The topological polar surface area (TPSA) is 103 Å². The number of esters is 2. The van der Waals surface area contributed by atoms with Gasteiger partial charge < -0.3 is 9.47 Å². The lowest BCUT2D eigenvalue weighted by Crippen LogP contribution is -2.31. The Balaban J connectivity index is 1.77. The molecule has 0 spiro atoms. The highest BCUT2D eigenvalue weighted by molar-refractivity contribution is 7.89. The van der Waals surface area contributed by atoms with Gasteiger partial charge in [-0.15, -0.1) is 11.3 Å². The maximum Gasteiger partial charge on any atom is 0.337 e. The van der Waals surface area contributed by atoms with Crippen molar-refractivity contribution < 1.29 is 27.5 Å². The smallest absolute Gasteiger partial charge is 0.337 e. The Morgan fingerprint density at radius 1 is 1.06 bits per heavy atom. The number of hydrogen-bond donors (Lipinski definition) is 0. The van der Waals surface area contributed by atoms with Crippen LogP contribution in [0.1, 0.15) is 44.6 Å². The van der Waals surface area contributed by atoms with Crippen LogP contribution in [0.5, 0.6) is 0 Å². The third-order valence-corrected chi connectivity index (χ3v) is 8.18. The van der Waals surface area contributed by atoms with Gasteiger partial charge in [0.25, 0.3) is 0 Å². The first kappa shape index (κ1) is 21.4. The molecule has 10 heteroatoms. The third-order valence-electron chi connectivity index (χ3n) is 5.15. The molecule has 1 fully saturated rings. The molecular weight excluding hydrogens is 440 g/mol. The summed E-state index contributed by atoms with van der Waals surface area (Å²) in [5.41, 5.74) is 0.742. The highest BCUT2D eigenvalue weighted by atomic mass is 32.2. The predicted molar refractivity (Wildman–Crippen MR) is 115 cm³/mol. The summed E-state index contributed by atoms with van der Waals surface area (Å²) in [5.74, 6) is -1.49. The second-order valence-electron chi connectivity index (χ2n) is 7.02. The standard InChI is InChI=1S/C21H20N2O6S2/c1-28-20(24)13-10-14(21(25)29-2)12-15(11-13)31(26,27)23-9-5-7-17(23)19-22-16-6-3-4-8-18(16)30-19/h3-4,6,8,10-12,17H,5,7,9H2,1-2H3. The molecule has 0 saturated carbocycles. The summed E-state index contributed by atoms with van der Waals surface area (Å²) in [6, 6.07) is 10.9. The molecule has 1 aliphatic heterocycles. The Bertz CT molecular complexity index is 1200. The molecule has 31 heavy (non-hydrogen) atoms. The fraction of sp³-hybridized carbons (Fsp3) is 0.286. The fourth-order valence-corrected chi connectivity index (χ4v) is 6.58. The molecule has 0 bridgehead atoms. The van der Waals surface area contributed by atoms with E-state index in [-0.39, 0.29) is 16.0 Å². The summed E-state index contributed by atoms with van der Waals surface area (Å²) in [4.78, 5) is 28.6. The van der Waals surface area contributed by atoms with Crippen molar-refractivity contribution in [1.29, 1.82) is 0 Å². The van der Waals surface area contributed by atoms with E-state index in [0.717, 1.165) is 15.2 Å². The molecule has 8 nitrogen and oxygen atoms in total. The number of methoxy groups -OCH3 is 2. The molecule has 1 aromatic heterocycles. The quantitative estimate of drug-likeness (QED) is 0.538. The van der Waals surface area contributed by atoms with E-state index in [9.17, 15) is 18.0 Å². The van der Waals surface area contributed by atoms with Crippen molar-refractivity contribution >= 4 is 43.5 Å². The zero-order valence-electron chi connectivity index (χ0n) is 16.9. The lowest BCUT2D eigenvalue weighted by molar-refractivity contribution is 0.0598. The van der Waals surface area contributed by atoms with Crippen LogP contribution in [0.15, 0.2) is 47.4 Å². The molecular formula is C21H20N2O6S2. The molecule has 2 aromatic carbocycles. The average molecular weight is 461 g/mol. The van der Waals surface area contributed by atoms with Crippen LogP contribution in [0.2, 0.25) is 0 Å². The lowest BCUT2D eigenvalue weighted by Gasteiger charge is -2.23. The molecule has 4 rings (SSSR count). The minimum absolute atomic E-state index is 0.0419. The van der Waals surface area contributed by atoms with Crippen LogP contribution in [-0.2, 0) is 19.5 Å². The molecule has 2 heterocycles. The number of hydrogen-bond acceptors (Lipinski definition) is 8. The maximum atomic E-state index is 13.6. The maximum absolute atomic E-state index is 13.6. The van der Waals surface area contributed by atoms with Crippen LogP contribution in [0, 0.1) is 0 Å². The van der Waals surface area contributed by atoms with E-state index >= 15 is 0 Å². The van der Waals surface area contributed by atoms with E-state index < -0.39 is 28.0 Å². The highest BCUT2D eigenvalue weighted by Crippen LogP contribution is 2.40. The monoisotopic (exact) mass is 460 g/mol. The molecule has 1 unspecified atom stereocenters. The molecule has 0 N–H and O–H groups in total. The van der Waals surface area contributed by atoms with Crippen LogP contribution >= 0.6 is 11.3 Å². The fourth-order valence-electron chi connectivity index (χ4n) is 3.66. The lowest BCUT2D eigenvalue weighted by atomic mass is 10.1. The van der Waals surface area contributed by atoms with E-state index in [0.29, 0.717) is 19.4 Å². The van der Waals surface area contributed by atoms with Gasteiger partial charge in [0.2, 0.25) is 10.0 Å². The molecule has 3 aromatic rings. The van der Waals surface area contributed by atoms with E-state index in [1.165, 1.54) is 48.1 Å². The predicted octanol–water partition coefficient (Wildman–Crippen LogP) is 3.40. The van der Waals surface area contributed by atoms with Gasteiger partial charge in [-0.05, 0) is 43.2 Å². The van der Waals surface area contributed by atoms with Crippen molar-refractivity contribution in [2.24, 2.45) is 0 Å². The molecule has 0 aliphatic carbocycles. The third kappa shape index (κ3) is 3.93. The van der Waals surface area contributed by atoms with Crippen molar-refractivity contribution in [1.82, 2.24) is 9.29 Å². The summed E-state index contributed by atoms with van der Waals surface area (Å²) in [6.45, 7) is 0.318. The highest BCUT2D eigenvalue weighted by Gasteiger charge is 2.38. The second-order valence-corrected chi connectivity index (χ2v) is 9.98. The first-order chi connectivity index (χ1) is 14.8. The largest absolute Gasteiger partial charge is 0.465 e.